The number of aromatic nitrogens is 2. The molecule has 0 fully saturated rings. The van der Waals surface area contributed by atoms with Crippen LogP contribution in [0.4, 0.5) is 0 Å². The van der Waals surface area contributed by atoms with E-state index in [1.54, 1.807) is 18.3 Å². The monoisotopic (exact) mass is 254 g/mol. The zero-order chi connectivity index (χ0) is 9.97. The molecule has 2 rings (SSSR count). The topological polar surface area (TPSA) is 48.0 Å². The lowest BCUT2D eigenvalue weighted by Crippen LogP contribution is -2.21. The Labute approximate surface area is 88.3 Å². The maximum atomic E-state index is 11.2. The minimum absolute atomic E-state index is 0.278. The van der Waals surface area contributed by atoms with Crippen molar-refractivity contribution >= 4 is 15.9 Å². The second kappa shape index (κ2) is 3.79. The van der Waals surface area contributed by atoms with Crippen LogP contribution in [0.3, 0.4) is 0 Å². The van der Waals surface area contributed by atoms with Gasteiger partial charge in [-0.3, -0.25) is 4.57 Å². The van der Waals surface area contributed by atoms with E-state index in [4.69, 9.17) is 4.42 Å². The average molecular weight is 255 g/mol. The molecule has 0 bridgehead atoms. The van der Waals surface area contributed by atoms with E-state index in [1.807, 2.05) is 6.07 Å². The van der Waals surface area contributed by atoms with E-state index in [2.05, 4.69) is 20.9 Å². The third-order valence-corrected chi connectivity index (χ3v) is 2.16. The Bertz CT molecular complexity index is 489. The second-order valence-electron chi connectivity index (χ2n) is 2.74. The molecule has 0 saturated heterocycles. The Hall–Kier alpha value is -1.36. The highest BCUT2D eigenvalue weighted by molar-refractivity contribution is 9.10. The first-order valence-corrected chi connectivity index (χ1v) is 4.81. The zero-order valence-corrected chi connectivity index (χ0v) is 8.77. The fourth-order valence-corrected chi connectivity index (χ4v) is 1.45. The van der Waals surface area contributed by atoms with Crippen LogP contribution in [-0.4, -0.2) is 9.55 Å². The number of rotatable bonds is 2. The molecule has 72 valence electrons. The maximum Gasteiger partial charge on any atom is 0.347 e. The summed E-state index contributed by atoms with van der Waals surface area (Å²) in [6.45, 7) is 0.401. The van der Waals surface area contributed by atoms with Crippen LogP contribution in [0.25, 0.3) is 0 Å². The smallest absolute Gasteiger partial charge is 0.347 e. The molecule has 0 amide bonds. The molecule has 0 saturated carbocycles. The van der Waals surface area contributed by atoms with Crippen molar-refractivity contribution in [3.05, 3.63) is 51.5 Å². The fraction of sp³-hybridized carbons (Fsp3) is 0.111. The van der Waals surface area contributed by atoms with Crippen LogP contribution in [0.2, 0.25) is 0 Å². The standard InChI is InChI=1S/C9H7BrN2O2/c10-8-3-2-7(14-8)6-12-5-1-4-11-9(12)13/h1-5H,6H2. The molecule has 14 heavy (non-hydrogen) atoms. The lowest BCUT2D eigenvalue weighted by atomic mass is 10.4. The SMILES string of the molecule is O=c1ncccn1Cc1ccc(Br)o1. The molecule has 0 aromatic carbocycles. The highest BCUT2D eigenvalue weighted by Gasteiger charge is 2.01. The van der Waals surface area contributed by atoms with Gasteiger partial charge in [-0.25, -0.2) is 9.78 Å². The summed E-state index contributed by atoms with van der Waals surface area (Å²) >= 11 is 3.19. The van der Waals surface area contributed by atoms with E-state index in [0.717, 1.165) is 0 Å². The van der Waals surface area contributed by atoms with E-state index >= 15 is 0 Å². The van der Waals surface area contributed by atoms with Crippen molar-refractivity contribution in [2.45, 2.75) is 6.54 Å². The van der Waals surface area contributed by atoms with Gasteiger partial charge in [0, 0.05) is 12.4 Å². The molecule has 2 aromatic heterocycles. The summed E-state index contributed by atoms with van der Waals surface area (Å²) in [6.07, 6.45) is 3.14. The largest absolute Gasteiger partial charge is 0.452 e. The minimum Gasteiger partial charge on any atom is -0.452 e. The summed E-state index contributed by atoms with van der Waals surface area (Å²) in [4.78, 5) is 14.9. The first-order chi connectivity index (χ1) is 6.75. The normalized spacial score (nSPS) is 10.4. The molecule has 0 atom stereocenters. The third-order valence-electron chi connectivity index (χ3n) is 1.74. The minimum atomic E-state index is -0.278. The lowest BCUT2D eigenvalue weighted by molar-refractivity contribution is 0.469. The summed E-state index contributed by atoms with van der Waals surface area (Å²) in [7, 11) is 0. The van der Waals surface area contributed by atoms with E-state index < -0.39 is 0 Å². The number of nitrogens with zero attached hydrogens (tertiary/aromatic N) is 2. The summed E-state index contributed by atoms with van der Waals surface area (Å²) in [5.41, 5.74) is -0.278. The third kappa shape index (κ3) is 1.93. The predicted octanol–water partition coefficient (Wildman–Crippen LogP) is 1.65. The van der Waals surface area contributed by atoms with Gasteiger partial charge in [0.15, 0.2) is 4.67 Å². The zero-order valence-electron chi connectivity index (χ0n) is 7.18. The molecular weight excluding hydrogens is 248 g/mol. The van der Waals surface area contributed by atoms with Crippen LogP contribution in [0.5, 0.6) is 0 Å². The van der Waals surface area contributed by atoms with Gasteiger partial charge in [0.2, 0.25) is 0 Å². The predicted molar refractivity (Wildman–Crippen MR) is 54.0 cm³/mol. The van der Waals surface area contributed by atoms with Crippen LogP contribution in [0.1, 0.15) is 5.76 Å². The fourth-order valence-electron chi connectivity index (χ4n) is 1.11. The Morgan fingerprint density at radius 2 is 2.36 bits per heavy atom. The molecule has 0 N–H and O–H groups in total. The van der Waals surface area contributed by atoms with Crippen LogP contribution in [0.15, 0.2) is 44.5 Å². The van der Waals surface area contributed by atoms with E-state index in [0.29, 0.717) is 17.0 Å². The summed E-state index contributed by atoms with van der Waals surface area (Å²) < 4.78 is 7.41. The van der Waals surface area contributed by atoms with Gasteiger partial charge in [-0.1, -0.05) is 0 Å². The molecule has 0 aliphatic rings. The lowest BCUT2D eigenvalue weighted by Gasteiger charge is -1.99. The van der Waals surface area contributed by atoms with Crippen molar-refractivity contribution < 1.29 is 4.42 Å². The van der Waals surface area contributed by atoms with Crippen molar-refractivity contribution in [1.82, 2.24) is 9.55 Å². The molecule has 0 aliphatic carbocycles. The molecule has 0 radical (unpaired) electrons. The molecule has 4 nitrogen and oxygen atoms in total. The summed E-state index contributed by atoms with van der Waals surface area (Å²) in [6, 6.07) is 5.31. The van der Waals surface area contributed by atoms with Gasteiger partial charge >= 0.3 is 5.69 Å². The quantitative estimate of drug-likeness (QED) is 0.819. The van der Waals surface area contributed by atoms with Crippen LogP contribution in [0, 0.1) is 0 Å². The van der Waals surface area contributed by atoms with Crippen molar-refractivity contribution in [3.8, 4) is 0 Å². The second-order valence-corrected chi connectivity index (χ2v) is 3.52. The Morgan fingerprint density at radius 3 is 3.00 bits per heavy atom. The summed E-state index contributed by atoms with van der Waals surface area (Å²) in [5.74, 6) is 0.715. The molecule has 5 heteroatoms. The number of hydrogen-bond acceptors (Lipinski definition) is 3. The van der Waals surface area contributed by atoms with Gasteiger partial charge in [-0.05, 0) is 34.1 Å². The van der Waals surface area contributed by atoms with Gasteiger partial charge in [-0.2, -0.15) is 0 Å². The highest BCUT2D eigenvalue weighted by Crippen LogP contribution is 2.14. The van der Waals surface area contributed by atoms with Gasteiger partial charge in [0.25, 0.3) is 0 Å². The van der Waals surface area contributed by atoms with Crippen molar-refractivity contribution in [2.24, 2.45) is 0 Å². The Morgan fingerprint density at radius 1 is 1.50 bits per heavy atom. The maximum absolute atomic E-state index is 11.2. The van der Waals surface area contributed by atoms with Crippen molar-refractivity contribution in [1.29, 1.82) is 0 Å². The molecule has 2 heterocycles. The molecule has 0 unspecified atom stereocenters. The van der Waals surface area contributed by atoms with Crippen LogP contribution >= 0.6 is 15.9 Å². The van der Waals surface area contributed by atoms with Crippen molar-refractivity contribution in [3.63, 3.8) is 0 Å². The van der Waals surface area contributed by atoms with Gasteiger partial charge < -0.3 is 4.42 Å². The first kappa shape index (κ1) is 9.21. The van der Waals surface area contributed by atoms with Gasteiger partial charge in [0.05, 0.1) is 6.54 Å². The van der Waals surface area contributed by atoms with E-state index in [9.17, 15) is 4.79 Å². The number of hydrogen-bond donors (Lipinski definition) is 0. The number of furan rings is 1. The molecule has 0 spiro atoms. The highest BCUT2D eigenvalue weighted by atomic mass is 79.9. The van der Waals surface area contributed by atoms with Crippen molar-refractivity contribution in [2.75, 3.05) is 0 Å². The van der Waals surface area contributed by atoms with Gasteiger partial charge in [0.1, 0.15) is 5.76 Å². The van der Waals surface area contributed by atoms with Crippen LogP contribution in [-0.2, 0) is 6.54 Å². The average Bonchev–Trinajstić information content (AvgIpc) is 2.56. The molecule has 2 aromatic rings. The summed E-state index contributed by atoms with van der Waals surface area (Å²) in [5, 5.41) is 0. The molecular formula is C9H7BrN2O2. The number of halogens is 1. The Kier molecular flexibility index (Phi) is 2.49. The van der Waals surface area contributed by atoms with E-state index in [1.165, 1.54) is 10.8 Å². The Balaban J connectivity index is 2.27. The first-order valence-electron chi connectivity index (χ1n) is 4.01. The van der Waals surface area contributed by atoms with Crippen LogP contribution < -0.4 is 5.69 Å². The van der Waals surface area contributed by atoms with E-state index in [-0.39, 0.29) is 5.69 Å². The van der Waals surface area contributed by atoms with Gasteiger partial charge in [-0.15, -0.1) is 0 Å². The molecule has 0 aliphatic heterocycles.